The van der Waals surface area contributed by atoms with E-state index in [2.05, 4.69) is 21.2 Å². The summed E-state index contributed by atoms with van der Waals surface area (Å²) in [6, 6.07) is 7.21. The molecule has 0 spiro atoms. The van der Waals surface area contributed by atoms with Gasteiger partial charge in [0.2, 0.25) is 0 Å². The Balaban J connectivity index is 2.16. The van der Waals surface area contributed by atoms with Crippen molar-refractivity contribution in [2.75, 3.05) is 11.1 Å². The maximum atomic E-state index is 13.5. The van der Waals surface area contributed by atoms with Crippen LogP contribution in [0.25, 0.3) is 0 Å². The Morgan fingerprint density at radius 2 is 1.95 bits per heavy atom. The smallest absolute Gasteiger partial charge is 0.131 e. The predicted octanol–water partition coefficient (Wildman–Crippen LogP) is 4.23. The summed E-state index contributed by atoms with van der Waals surface area (Å²) in [5, 5.41) is 3.09. The molecule has 0 aliphatic heterocycles. The zero-order valence-electron chi connectivity index (χ0n) is 10.3. The third-order valence-corrected chi connectivity index (χ3v) is 3.50. The van der Waals surface area contributed by atoms with Crippen LogP contribution in [0.5, 0.6) is 0 Å². The Kier molecular flexibility index (Phi) is 4.04. The largest absolute Gasteiger partial charge is 0.398 e. The first kappa shape index (κ1) is 13.8. The number of hydrogen-bond acceptors (Lipinski definition) is 2. The second kappa shape index (κ2) is 5.57. The molecular formula is C14H13BrF2N2. The molecule has 0 saturated heterocycles. The van der Waals surface area contributed by atoms with Crippen LogP contribution in [0, 0.1) is 18.6 Å². The van der Waals surface area contributed by atoms with E-state index in [0.717, 1.165) is 21.8 Å². The molecule has 2 rings (SSSR count). The Labute approximate surface area is 118 Å². The lowest BCUT2D eigenvalue weighted by Crippen LogP contribution is -2.03. The molecule has 0 fully saturated rings. The van der Waals surface area contributed by atoms with Gasteiger partial charge in [-0.05, 0) is 46.6 Å². The molecule has 0 aliphatic rings. The van der Waals surface area contributed by atoms with Crippen LogP contribution in [0.15, 0.2) is 34.8 Å². The Hall–Kier alpha value is -1.62. The highest BCUT2D eigenvalue weighted by molar-refractivity contribution is 9.10. The quantitative estimate of drug-likeness (QED) is 0.828. The third-order valence-electron chi connectivity index (χ3n) is 2.84. The second-order valence-electron chi connectivity index (χ2n) is 4.28. The molecule has 5 heteroatoms. The van der Waals surface area contributed by atoms with Gasteiger partial charge in [0.25, 0.3) is 0 Å². The lowest BCUT2D eigenvalue weighted by atomic mass is 10.1. The van der Waals surface area contributed by atoms with E-state index in [1.165, 1.54) is 12.1 Å². The molecule has 0 saturated carbocycles. The zero-order valence-corrected chi connectivity index (χ0v) is 11.9. The van der Waals surface area contributed by atoms with Gasteiger partial charge in [-0.15, -0.1) is 0 Å². The number of halogens is 3. The van der Waals surface area contributed by atoms with Crippen molar-refractivity contribution in [1.82, 2.24) is 0 Å². The molecule has 0 amide bonds. The van der Waals surface area contributed by atoms with Gasteiger partial charge in [0.1, 0.15) is 11.6 Å². The topological polar surface area (TPSA) is 38.0 Å². The molecule has 0 heterocycles. The number of benzene rings is 2. The Bertz CT molecular complexity index is 615. The SMILES string of the molecule is Cc1cc(NCc2ccc(F)cc2F)c(Br)cc1N. The van der Waals surface area contributed by atoms with E-state index in [1.807, 2.05) is 13.0 Å². The fourth-order valence-corrected chi connectivity index (χ4v) is 2.19. The average molecular weight is 327 g/mol. The minimum absolute atomic E-state index is 0.272. The van der Waals surface area contributed by atoms with Crippen molar-refractivity contribution in [2.45, 2.75) is 13.5 Å². The summed E-state index contributed by atoms with van der Waals surface area (Å²) in [6.45, 7) is 2.17. The average Bonchev–Trinajstić information content (AvgIpc) is 2.34. The highest BCUT2D eigenvalue weighted by Crippen LogP contribution is 2.28. The van der Waals surface area contributed by atoms with E-state index in [-0.39, 0.29) is 6.54 Å². The number of nitrogens with one attached hydrogen (secondary N) is 1. The van der Waals surface area contributed by atoms with Gasteiger partial charge in [-0.3, -0.25) is 0 Å². The minimum atomic E-state index is -0.578. The van der Waals surface area contributed by atoms with E-state index in [0.29, 0.717) is 11.3 Å². The molecule has 19 heavy (non-hydrogen) atoms. The van der Waals surface area contributed by atoms with Crippen LogP contribution in [0.4, 0.5) is 20.2 Å². The first-order valence-electron chi connectivity index (χ1n) is 5.71. The van der Waals surface area contributed by atoms with Gasteiger partial charge >= 0.3 is 0 Å². The lowest BCUT2D eigenvalue weighted by Gasteiger charge is -2.11. The molecule has 2 nitrogen and oxygen atoms in total. The molecule has 0 bridgehead atoms. The number of aryl methyl sites for hydroxylation is 1. The van der Waals surface area contributed by atoms with E-state index in [9.17, 15) is 8.78 Å². The molecule has 0 unspecified atom stereocenters. The summed E-state index contributed by atoms with van der Waals surface area (Å²) >= 11 is 3.39. The maximum absolute atomic E-state index is 13.5. The van der Waals surface area contributed by atoms with Gasteiger partial charge < -0.3 is 11.1 Å². The van der Waals surface area contributed by atoms with Crippen molar-refractivity contribution in [3.63, 3.8) is 0 Å². The summed E-state index contributed by atoms with van der Waals surface area (Å²) in [5.74, 6) is -1.14. The normalized spacial score (nSPS) is 10.5. The van der Waals surface area contributed by atoms with E-state index < -0.39 is 11.6 Å². The van der Waals surface area contributed by atoms with Crippen LogP contribution in [0.3, 0.4) is 0 Å². The highest BCUT2D eigenvalue weighted by atomic mass is 79.9. The molecule has 0 aromatic heterocycles. The number of nitrogen functional groups attached to an aromatic ring is 1. The number of anilines is 2. The van der Waals surface area contributed by atoms with Gasteiger partial charge in [0, 0.05) is 34.0 Å². The van der Waals surface area contributed by atoms with Gasteiger partial charge in [-0.2, -0.15) is 0 Å². The first-order valence-corrected chi connectivity index (χ1v) is 6.50. The Morgan fingerprint density at radius 1 is 1.21 bits per heavy atom. The molecule has 0 radical (unpaired) electrons. The lowest BCUT2D eigenvalue weighted by molar-refractivity contribution is 0.574. The van der Waals surface area contributed by atoms with Crippen molar-refractivity contribution in [3.05, 3.63) is 57.6 Å². The van der Waals surface area contributed by atoms with Crippen molar-refractivity contribution in [1.29, 1.82) is 0 Å². The van der Waals surface area contributed by atoms with Gasteiger partial charge in [-0.25, -0.2) is 8.78 Å². The number of rotatable bonds is 3. The maximum Gasteiger partial charge on any atom is 0.131 e. The van der Waals surface area contributed by atoms with Crippen molar-refractivity contribution >= 4 is 27.3 Å². The molecule has 100 valence electrons. The van der Waals surface area contributed by atoms with Crippen molar-refractivity contribution < 1.29 is 8.78 Å². The van der Waals surface area contributed by atoms with Crippen LogP contribution >= 0.6 is 15.9 Å². The summed E-state index contributed by atoms with van der Waals surface area (Å²) in [5.41, 5.74) is 8.62. The molecular weight excluding hydrogens is 314 g/mol. The molecule has 0 atom stereocenters. The predicted molar refractivity (Wildman–Crippen MR) is 77.0 cm³/mol. The van der Waals surface area contributed by atoms with Gasteiger partial charge in [-0.1, -0.05) is 6.07 Å². The third kappa shape index (κ3) is 3.23. The highest BCUT2D eigenvalue weighted by Gasteiger charge is 2.06. The monoisotopic (exact) mass is 326 g/mol. The molecule has 2 aromatic carbocycles. The summed E-state index contributed by atoms with van der Waals surface area (Å²) < 4.78 is 27.1. The zero-order chi connectivity index (χ0) is 14.0. The van der Waals surface area contributed by atoms with E-state index in [4.69, 9.17) is 5.73 Å². The second-order valence-corrected chi connectivity index (χ2v) is 5.13. The van der Waals surface area contributed by atoms with Crippen LogP contribution in [-0.4, -0.2) is 0 Å². The number of nitrogens with two attached hydrogens (primary N) is 1. The van der Waals surface area contributed by atoms with Crippen LogP contribution in [0.2, 0.25) is 0 Å². The minimum Gasteiger partial charge on any atom is -0.398 e. The van der Waals surface area contributed by atoms with Crippen LogP contribution in [0.1, 0.15) is 11.1 Å². The van der Waals surface area contributed by atoms with Crippen molar-refractivity contribution in [2.24, 2.45) is 0 Å². The summed E-state index contributed by atoms with van der Waals surface area (Å²) in [7, 11) is 0. The fourth-order valence-electron chi connectivity index (χ4n) is 1.69. The van der Waals surface area contributed by atoms with E-state index >= 15 is 0 Å². The number of hydrogen-bond donors (Lipinski definition) is 2. The summed E-state index contributed by atoms with van der Waals surface area (Å²) in [6.07, 6.45) is 0. The van der Waals surface area contributed by atoms with Crippen LogP contribution in [-0.2, 0) is 6.54 Å². The van der Waals surface area contributed by atoms with Gasteiger partial charge in [0.15, 0.2) is 0 Å². The van der Waals surface area contributed by atoms with Gasteiger partial charge in [0.05, 0.1) is 0 Å². The molecule has 2 aromatic rings. The summed E-state index contributed by atoms with van der Waals surface area (Å²) in [4.78, 5) is 0. The molecule has 0 aliphatic carbocycles. The Morgan fingerprint density at radius 3 is 2.63 bits per heavy atom. The standard InChI is InChI=1S/C14H13BrF2N2/c1-8-4-14(11(15)6-13(8)18)19-7-9-2-3-10(16)5-12(9)17/h2-6,19H,7,18H2,1H3. The fraction of sp³-hybridized carbons (Fsp3) is 0.143. The molecule has 3 N–H and O–H groups in total. The van der Waals surface area contributed by atoms with Crippen LogP contribution < -0.4 is 11.1 Å². The first-order chi connectivity index (χ1) is 8.97. The van der Waals surface area contributed by atoms with Crippen molar-refractivity contribution in [3.8, 4) is 0 Å². The van der Waals surface area contributed by atoms with E-state index in [1.54, 1.807) is 6.07 Å².